The van der Waals surface area contributed by atoms with Crippen molar-refractivity contribution in [1.29, 1.82) is 0 Å². The van der Waals surface area contributed by atoms with Crippen LogP contribution in [0.5, 0.6) is 0 Å². The van der Waals surface area contributed by atoms with E-state index in [1.54, 1.807) is 6.20 Å². The van der Waals surface area contributed by atoms with E-state index in [-0.39, 0.29) is 6.04 Å². The van der Waals surface area contributed by atoms with E-state index in [4.69, 9.17) is 6.42 Å². The lowest BCUT2D eigenvalue weighted by Crippen LogP contribution is -2.19. The minimum atomic E-state index is -0.0436. The fourth-order valence-electron chi connectivity index (χ4n) is 1.83. The molecule has 1 aromatic carbocycles. The second-order valence-electron chi connectivity index (χ2n) is 3.57. The molecule has 1 heterocycles. The quantitative estimate of drug-likeness (QED) is 0.787. The van der Waals surface area contributed by atoms with E-state index < -0.39 is 0 Å². The highest BCUT2D eigenvalue weighted by molar-refractivity contribution is 5.82. The number of benzene rings is 1. The van der Waals surface area contributed by atoms with Crippen LogP contribution in [-0.2, 0) is 0 Å². The Morgan fingerprint density at radius 3 is 2.94 bits per heavy atom. The van der Waals surface area contributed by atoms with Crippen LogP contribution in [0.1, 0.15) is 18.5 Å². The highest BCUT2D eigenvalue weighted by atomic mass is 14.9. The summed E-state index contributed by atoms with van der Waals surface area (Å²) in [5, 5.41) is 4.40. The molecule has 1 N–H and O–H groups in total. The van der Waals surface area contributed by atoms with Gasteiger partial charge in [-0.25, -0.2) is 0 Å². The molecule has 0 saturated carbocycles. The number of terminal acetylenes is 1. The third-order valence-corrected chi connectivity index (χ3v) is 2.57. The first-order valence-electron chi connectivity index (χ1n) is 5.40. The van der Waals surface area contributed by atoms with Gasteiger partial charge >= 0.3 is 0 Å². The van der Waals surface area contributed by atoms with Gasteiger partial charge in [0.15, 0.2) is 0 Å². The fraction of sp³-hybridized carbons (Fsp3) is 0.214. The van der Waals surface area contributed by atoms with Crippen LogP contribution in [0.2, 0.25) is 0 Å². The smallest absolute Gasteiger partial charge is 0.0950 e. The Morgan fingerprint density at radius 1 is 1.38 bits per heavy atom. The second-order valence-corrected chi connectivity index (χ2v) is 3.57. The molecule has 0 aliphatic heterocycles. The van der Waals surface area contributed by atoms with Crippen molar-refractivity contribution in [3.05, 3.63) is 42.1 Å². The summed E-state index contributed by atoms with van der Waals surface area (Å²) in [5.74, 6) is 2.77. The van der Waals surface area contributed by atoms with E-state index in [1.165, 1.54) is 0 Å². The predicted molar refractivity (Wildman–Crippen MR) is 67.0 cm³/mol. The zero-order valence-corrected chi connectivity index (χ0v) is 9.27. The summed E-state index contributed by atoms with van der Waals surface area (Å²) >= 11 is 0. The van der Waals surface area contributed by atoms with Gasteiger partial charge < -0.3 is 5.32 Å². The number of hydrogen-bond acceptors (Lipinski definition) is 2. The lowest BCUT2D eigenvalue weighted by molar-refractivity contribution is 0.668. The van der Waals surface area contributed by atoms with Crippen LogP contribution < -0.4 is 5.32 Å². The van der Waals surface area contributed by atoms with Crippen molar-refractivity contribution in [2.24, 2.45) is 0 Å². The molecule has 1 atom stereocenters. The molecule has 0 fully saturated rings. The summed E-state index contributed by atoms with van der Waals surface area (Å²) in [5.41, 5.74) is 2.10. The van der Waals surface area contributed by atoms with E-state index in [0.29, 0.717) is 0 Å². The van der Waals surface area contributed by atoms with Crippen molar-refractivity contribution in [2.75, 3.05) is 6.54 Å². The molecule has 0 bridgehead atoms. The topological polar surface area (TPSA) is 24.9 Å². The molecule has 2 nitrogen and oxygen atoms in total. The Morgan fingerprint density at radius 2 is 2.19 bits per heavy atom. The van der Waals surface area contributed by atoms with Gasteiger partial charge in [0.25, 0.3) is 0 Å². The van der Waals surface area contributed by atoms with Crippen molar-refractivity contribution in [2.45, 2.75) is 13.0 Å². The van der Waals surface area contributed by atoms with Crippen molar-refractivity contribution in [3.8, 4) is 12.3 Å². The molecule has 2 rings (SSSR count). The Hall–Kier alpha value is -1.85. The first kappa shape index (κ1) is 10.7. The number of nitrogens with one attached hydrogen (secondary N) is 1. The Bertz CT molecular complexity index is 520. The largest absolute Gasteiger partial charge is 0.300 e. The average molecular weight is 210 g/mol. The third-order valence-electron chi connectivity index (χ3n) is 2.57. The van der Waals surface area contributed by atoms with Gasteiger partial charge in [0.2, 0.25) is 0 Å². The maximum atomic E-state index is 5.55. The molecule has 0 spiro atoms. The number of pyridine rings is 1. The number of nitrogens with zero attached hydrogens (tertiary/aromatic N) is 1. The maximum absolute atomic E-state index is 5.55. The summed E-state index contributed by atoms with van der Waals surface area (Å²) in [7, 11) is 0. The molecule has 0 amide bonds. The molecule has 80 valence electrons. The van der Waals surface area contributed by atoms with E-state index in [9.17, 15) is 0 Å². The van der Waals surface area contributed by atoms with E-state index in [2.05, 4.69) is 22.3 Å². The molecule has 0 aliphatic rings. The van der Waals surface area contributed by atoms with Gasteiger partial charge in [0.05, 0.1) is 11.6 Å². The van der Waals surface area contributed by atoms with Crippen molar-refractivity contribution in [3.63, 3.8) is 0 Å². The molecular weight excluding hydrogens is 196 g/mol. The number of rotatable bonds is 3. The van der Waals surface area contributed by atoms with E-state index in [0.717, 1.165) is 23.0 Å². The summed E-state index contributed by atoms with van der Waals surface area (Å²) in [6, 6.07) is 9.98. The van der Waals surface area contributed by atoms with Gasteiger partial charge in [-0.05, 0) is 24.2 Å². The highest BCUT2D eigenvalue weighted by Gasteiger charge is 2.10. The van der Waals surface area contributed by atoms with Gasteiger partial charge in [0, 0.05) is 11.6 Å². The molecule has 1 aromatic heterocycles. The third kappa shape index (κ3) is 1.91. The number of para-hydroxylation sites is 1. The van der Waals surface area contributed by atoms with E-state index in [1.807, 2.05) is 31.2 Å². The van der Waals surface area contributed by atoms with Gasteiger partial charge in [-0.2, -0.15) is 0 Å². The molecule has 0 saturated heterocycles. The number of fused-ring (bicyclic) bond motifs is 1. The lowest BCUT2D eigenvalue weighted by Gasteiger charge is -2.13. The Kier molecular flexibility index (Phi) is 3.19. The second kappa shape index (κ2) is 4.78. The van der Waals surface area contributed by atoms with E-state index >= 15 is 0 Å². The zero-order chi connectivity index (χ0) is 11.4. The standard InChI is InChI=1S/C14H14N2/c1-3-13(15-4-2)12-9-10-16-14-8-6-5-7-11(12)14/h1,5-10,13,15H,4H2,2H3. The molecule has 1 unspecified atom stereocenters. The average Bonchev–Trinajstić information content (AvgIpc) is 2.35. The van der Waals surface area contributed by atoms with Crippen LogP contribution >= 0.6 is 0 Å². The van der Waals surface area contributed by atoms with Crippen LogP contribution in [0.15, 0.2) is 36.5 Å². The molecule has 0 aliphatic carbocycles. The fourth-order valence-corrected chi connectivity index (χ4v) is 1.83. The minimum Gasteiger partial charge on any atom is -0.300 e. The van der Waals surface area contributed by atoms with Crippen LogP contribution in [0.25, 0.3) is 10.9 Å². The molecule has 2 aromatic rings. The van der Waals surface area contributed by atoms with Crippen LogP contribution in [0, 0.1) is 12.3 Å². The predicted octanol–water partition coefficient (Wildman–Crippen LogP) is 2.52. The summed E-state index contributed by atoms with van der Waals surface area (Å²) in [6.45, 7) is 2.90. The summed E-state index contributed by atoms with van der Waals surface area (Å²) < 4.78 is 0. The normalized spacial score (nSPS) is 12.2. The van der Waals surface area contributed by atoms with Crippen LogP contribution in [0.3, 0.4) is 0 Å². The summed E-state index contributed by atoms with van der Waals surface area (Å²) in [6.07, 6.45) is 7.35. The molecule has 0 radical (unpaired) electrons. The van der Waals surface area contributed by atoms with Crippen molar-refractivity contribution < 1.29 is 0 Å². The van der Waals surface area contributed by atoms with Gasteiger partial charge in [-0.3, -0.25) is 4.98 Å². The monoisotopic (exact) mass is 210 g/mol. The first-order chi connectivity index (χ1) is 7.86. The van der Waals surface area contributed by atoms with Gasteiger partial charge in [-0.15, -0.1) is 6.42 Å². The van der Waals surface area contributed by atoms with Crippen molar-refractivity contribution >= 4 is 10.9 Å². The Labute approximate surface area is 95.7 Å². The highest BCUT2D eigenvalue weighted by Crippen LogP contribution is 2.21. The molecular formula is C14H14N2. The van der Waals surface area contributed by atoms with Gasteiger partial charge in [0.1, 0.15) is 0 Å². The zero-order valence-electron chi connectivity index (χ0n) is 9.27. The van der Waals surface area contributed by atoms with Crippen molar-refractivity contribution in [1.82, 2.24) is 10.3 Å². The number of hydrogen-bond donors (Lipinski definition) is 1. The Balaban J connectivity index is 2.55. The molecule has 2 heteroatoms. The lowest BCUT2D eigenvalue weighted by atomic mass is 10.0. The van der Waals surface area contributed by atoms with Crippen LogP contribution in [-0.4, -0.2) is 11.5 Å². The maximum Gasteiger partial charge on any atom is 0.0950 e. The summed E-state index contributed by atoms with van der Waals surface area (Å²) in [4.78, 5) is 4.32. The number of aromatic nitrogens is 1. The van der Waals surface area contributed by atoms with Crippen LogP contribution in [0.4, 0.5) is 0 Å². The minimum absolute atomic E-state index is 0.0436. The first-order valence-corrected chi connectivity index (χ1v) is 5.40. The SMILES string of the molecule is C#CC(NCC)c1ccnc2ccccc12. The van der Waals surface area contributed by atoms with Gasteiger partial charge in [-0.1, -0.05) is 31.0 Å². The molecule has 16 heavy (non-hydrogen) atoms.